The van der Waals surface area contributed by atoms with Gasteiger partial charge in [-0.3, -0.25) is 9.59 Å². The molecule has 0 unspecified atom stereocenters. The summed E-state index contributed by atoms with van der Waals surface area (Å²) < 4.78 is 5.58. The van der Waals surface area contributed by atoms with Gasteiger partial charge >= 0.3 is 0 Å². The van der Waals surface area contributed by atoms with E-state index in [1.165, 1.54) is 0 Å². The van der Waals surface area contributed by atoms with Gasteiger partial charge < -0.3 is 15.4 Å². The first-order valence-electron chi connectivity index (χ1n) is 9.28. The highest BCUT2D eigenvalue weighted by Gasteiger charge is 2.09. The molecule has 0 saturated carbocycles. The van der Waals surface area contributed by atoms with Crippen molar-refractivity contribution >= 4 is 22.6 Å². The lowest BCUT2D eigenvalue weighted by Gasteiger charge is -2.11. The van der Waals surface area contributed by atoms with E-state index in [1.807, 2.05) is 68.4 Å². The molecule has 0 fully saturated rings. The maximum Gasteiger partial charge on any atom is 0.258 e. The highest BCUT2D eigenvalue weighted by molar-refractivity contribution is 6.07. The molecule has 0 bridgehead atoms. The van der Waals surface area contributed by atoms with E-state index in [4.69, 9.17) is 4.74 Å². The lowest BCUT2D eigenvalue weighted by Crippen LogP contribution is -2.36. The number of nitrogens with one attached hydrogen (secondary N) is 2. The molecular weight excluding hydrogens is 352 g/mol. The van der Waals surface area contributed by atoms with Crippen molar-refractivity contribution in [3.63, 3.8) is 0 Å². The Balaban J connectivity index is 1.44. The van der Waals surface area contributed by atoms with Gasteiger partial charge in [-0.05, 0) is 47.9 Å². The molecule has 0 heterocycles. The first-order chi connectivity index (χ1) is 13.6. The van der Waals surface area contributed by atoms with Gasteiger partial charge in [0, 0.05) is 18.7 Å². The molecule has 0 aliphatic rings. The van der Waals surface area contributed by atoms with Crippen LogP contribution in [-0.2, 0) is 4.79 Å². The Bertz CT molecular complexity index is 993. The molecule has 0 radical (unpaired) electrons. The van der Waals surface area contributed by atoms with Crippen molar-refractivity contribution in [2.75, 3.05) is 19.7 Å². The summed E-state index contributed by atoms with van der Waals surface area (Å²) in [4.78, 5) is 24.4. The van der Waals surface area contributed by atoms with E-state index in [9.17, 15) is 9.59 Å². The molecule has 0 saturated heterocycles. The van der Waals surface area contributed by atoms with Gasteiger partial charge in [0.05, 0.1) is 0 Å². The van der Waals surface area contributed by atoms with Crippen LogP contribution in [0, 0.1) is 13.8 Å². The number of carbonyl (C=O) groups is 2. The van der Waals surface area contributed by atoms with Gasteiger partial charge in [0.1, 0.15) is 5.75 Å². The second kappa shape index (κ2) is 9.04. The van der Waals surface area contributed by atoms with Gasteiger partial charge in [-0.1, -0.05) is 48.5 Å². The Labute approximate surface area is 164 Å². The van der Waals surface area contributed by atoms with Crippen molar-refractivity contribution < 1.29 is 14.3 Å². The zero-order valence-corrected chi connectivity index (χ0v) is 16.1. The molecule has 28 heavy (non-hydrogen) atoms. The Kier molecular flexibility index (Phi) is 6.27. The van der Waals surface area contributed by atoms with E-state index in [-0.39, 0.29) is 18.4 Å². The van der Waals surface area contributed by atoms with Gasteiger partial charge in [-0.25, -0.2) is 0 Å². The lowest BCUT2D eigenvalue weighted by atomic mass is 10.0. The molecular formula is C23H24N2O3. The van der Waals surface area contributed by atoms with Crippen LogP contribution in [-0.4, -0.2) is 31.5 Å². The summed E-state index contributed by atoms with van der Waals surface area (Å²) in [5.41, 5.74) is 2.77. The van der Waals surface area contributed by atoms with Crippen LogP contribution >= 0.6 is 0 Å². The Morgan fingerprint density at radius 2 is 1.57 bits per heavy atom. The lowest BCUT2D eigenvalue weighted by molar-refractivity contribution is -0.123. The molecule has 3 aromatic carbocycles. The number of ether oxygens (including phenoxy) is 1. The van der Waals surface area contributed by atoms with Crippen molar-refractivity contribution in [2.24, 2.45) is 0 Å². The number of aryl methyl sites for hydroxylation is 1. The first-order valence-corrected chi connectivity index (χ1v) is 9.28. The summed E-state index contributed by atoms with van der Waals surface area (Å²) in [5.74, 6) is 0.331. The van der Waals surface area contributed by atoms with Gasteiger partial charge in [0.2, 0.25) is 0 Å². The Morgan fingerprint density at radius 1 is 0.857 bits per heavy atom. The number of rotatable bonds is 7. The normalized spacial score (nSPS) is 10.5. The highest BCUT2D eigenvalue weighted by Crippen LogP contribution is 2.20. The number of benzene rings is 3. The third-order valence-corrected chi connectivity index (χ3v) is 4.68. The standard InChI is InChI=1S/C23H24N2O3/c1-16-7-5-12-21(17(16)2)28-15-22(26)24-13-14-25-23(27)20-11-6-9-18-8-3-4-10-19(18)20/h3-12H,13-15H2,1-2H3,(H,24,26)(H,25,27). The van der Waals surface area contributed by atoms with E-state index in [2.05, 4.69) is 10.6 Å². The second-order valence-electron chi connectivity index (χ2n) is 6.62. The fraction of sp³-hybridized carbons (Fsp3) is 0.217. The van der Waals surface area contributed by atoms with Crippen LogP contribution in [0.1, 0.15) is 21.5 Å². The third-order valence-electron chi connectivity index (χ3n) is 4.68. The summed E-state index contributed by atoms with van der Waals surface area (Å²) in [7, 11) is 0. The van der Waals surface area contributed by atoms with Crippen LogP contribution in [0.2, 0.25) is 0 Å². The van der Waals surface area contributed by atoms with Crippen LogP contribution < -0.4 is 15.4 Å². The summed E-state index contributed by atoms with van der Waals surface area (Å²) in [6.45, 7) is 4.59. The Morgan fingerprint density at radius 3 is 2.43 bits per heavy atom. The maximum absolute atomic E-state index is 12.4. The average molecular weight is 376 g/mol. The summed E-state index contributed by atoms with van der Waals surface area (Å²) in [6.07, 6.45) is 0. The molecule has 144 valence electrons. The van der Waals surface area contributed by atoms with Crippen LogP contribution in [0.25, 0.3) is 10.8 Å². The molecule has 3 rings (SSSR count). The minimum Gasteiger partial charge on any atom is -0.483 e. The van der Waals surface area contributed by atoms with Gasteiger partial charge in [-0.2, -0.15) is 0 Å². The van der Waals surface area contributed by atoms with E-state index in [1.54, 1.807) is 6.07 Å². The molecule has 0 aliphatic carbocycles. The molecule has 0 aromatic heterocycles. The molecule has 2 amide bonds. The molecule has 0 atom stereocenters. The monoisotopic (exact) mass is 376 g/mol. The van der Waals surface area contributed by atoms with E-state index < -0.39 is 0 Å². The molecule has 3 aromatic rings. The minimum absolute atomic E-state index is 0.0540. The average Bonchev–Trinajstić information content (AvgIpc) is 2.71. The zero-order chi connectivity index (χ0) is 19.9. The largest absolute Gasteiger partial charge is 0.483 e. The summed E-state index contributed by atoms with van der Waals surface area (Å²) >= 11 is 0. The summed E-state index contributed by atoms with van der Waals surface area (Å²) in [6, 6.07) is 19.1. The predicted molar refractivity (Wildman–Crippen MR) is 111 cm³/mol. The fourth-order valence-electron chi connectivity index (χ4n) is 2.97. The van der Waals surface area contributed by atoms with Crippen molar-refractivity contribution in [3.8, 4) is 5.75 Å². The summed E-state index contributed by atoms with van der Waals surface area (Å²) in [5, 5.41) is 7.53. The fourth-order valence-corrected chi connectivity index (χ4v) is 2.97. The van der Waals surface area contributed by atoms with Crippen LogP contribution in [0.3, 0.4) is 0 Å². The number of carbonyl (C=O) groups excluding carboxylic acids is 2. The molecule has 5 nitrogen and oxygen atoms in total. The molecule has 2 N–H and O–H groups in total. The van der Waals surface area contributed by atoms with E-state index >= 15 is 0 Å². The van der Waals surface area contributed by atoms with Crippen LogP contribution in [0.4, 0.5) is 0 Å². The molecule has 0 spiro atoms. The maximum atomic E-state index is 12.4. The van der Waals surface area contributed by atoms with Crippen molar-refractivity contribution in [1.29, 1.82) is 0 Å². The molecule has 5 heteroatoms. The van der Waals surface area contributed by atoms with Gasteiger partial charge in [0.25, 0.3) is 11.8 Å². The van der Waals surface area contributed by atoms with E-state index in [0.29, 0.717) is 24.4 Å². The minimum atomic E-state index is -0.222. The Hall–Kier alpha value is -3.34. The number of hydrogen-bond acceptors (Lipinski definition) is 3. The van der Waals surface area contributed by atoms with Gasteiger partial charge in [0.15, 0.2) is 6.61 Å². The quantitative estimate of drug-likeness (QED) is 0.621. The predicted octanol–water partition coefficient (Wildman–Crippen LogP) is 3.38. The highest BCUT2D eigenvalue weighted by atomic mass is 16.5. The first kappa shape index (κ1) is 19.4. The third kappa shape index (κ3) is 4.68. The number of amides is 2. The molecule has 0 aliphatic heterocycles. The SMILES string of the molecule is Cc1cccc(OCC(=O)NCCNC(=O)c2cccc3ccccc23)c1C. The number of hydrogen-bond donors (Lipinski definition) is 2. The number of fused-ring (bicyclic) bond motifs is 1. The second-order valence-corrected chi connectivity index (χ2v) is 6.62. The van der Waals surface area contributed by atoms with Crippen LogP contribution in [0.15, 0.2) is 60.7 Å². The van der Waals surface area contributed by atoms with E-state index in [0.717, 1.165) is 21.9 Å². The smallest absolute Gasteiger partial charge is 0.258 e. The van der Waals surface area contributed by atoms with Crippen molar-refractivity contribution in [1.82, 2.24) is 10.6 Å². The van der Waals surface area contributed by atoms with Crippen molar-refractivity contribution in [3.05, 3.63) is 77.4 Å². The van der Waals surface area contributed by atoms with Crippen molar-refractivity contribution in [2.45, 2.75) is 13.8 Å². The van der Waals surface area contributed by atoms with Gasteiger partial charge in [-0.15, -0.1) is 0 Å². The topological polar surface area (TPSA) is 67.4 Å². The van der Waals surface area contributed by atoms with Crippen LogP contribution in [0.5, 0.6) is 5.75 Å². The zero-order valence-electron chi connectivity index (χ0n) is 16.1.